The van der Waals surface area contributed by atoms with Crippen LogP contribution < -0.4 is 10.6 Å². The summed E-state index contributed by atoms with van der Waals surface area (Å²) in [5, 5.41) is 17.2. The summed E-state index contributed by atoms with van der Waals surface area (Å²) < 4.78 is 5.93. The quantitative estimate of drug-likeness (QED) is 0.490. The zero-order chi connectivity index (χ0) is 17.6. The van der Waals surface area contributed by atoms with Crippen molar-refractivity contribution in [3.05, 3.63) is 65.4 Å². The van der Waals surface area contributed by atoms with Gasteiger partial charge in [0.1, 0.15) is 17.1 Å². The van der Waals surface area contributed by atoms with Gasteiger partial charge in [0, 0.05) is 17.5 Å². The Morgan fingerprint density at radius 1 is 1.12 bits per heavy atom. The van der Waals surface area contributed by atoms with Gasteiger partial charge in [0.2, 0.25) is 0 Å². The summed E-state index contributed by atoms with van der Waals surface area (Å²) in [6.07, 6.45) is 0. The number of aryl methyl sites for hydroxylation is 1. The lowest BCUT2D eigenvalue weighted by atomic mass is 10.1. The summed E-state index contributed by atoms with van der Waals surface area (Å²) in [5.74, 6) is 1.87. The molecule has 130 valence electrons. The maximum atomic E-state index is 9.54. The number of nitrogens with one attached hydrogen (secondary N) is 2. The number of benzene rings is 2. The van der Waals surface area contributed by atoms with Crippen LogP contribution in [0.1, 0.15) is 23.8 Å². The number of rotatable bonds is 5. The van der Waals surface area contributed by atoms with Crippen LogP contribution in [0.3, 0.4) is 0 Å². The highest BCUT2D eigenvalue weighted by atomic mass is 16.3. The third-order valence-electron chi connectivity index (χ3n) is 4.03. The monoisotopic (exact) mass is 337 g/mol. The van der Waals surface area contributed by atoms with Crippen molar-refractivity contribution in [1.29, 1.82) is 0 Å². The number of para-hydroxylation sites is 1. The molecule has 1 heterocycles. The lowest BCUT2D eigenvalue weighted by Gasteiger charge is -2.10. The average Bonchev–Trinajstić information content (AvgIpc) is 2.94. The van der Waals surface area contributed by atoms with Crippen LogP contribution in [-0.2, 0) is 13.1 Å². The van der Waals surface area contributed by atoms with Crippen molar-refractivity contribution >= 4 is 16.9 Å². The van der Waals surface area contributed by atoms with Crippen molar-refractivity contribution in [2.75, 3.05) is 6.54 Å². The van der Waals surface area contributed by atoms with Crippen molar-refractivity contribution in [2.24, 2.45) is 4.99 Å². The molecule has 3 aromatic rings. The highest BCUT2D eigenvalue weighted by molar-refractivity contribution is 5.83. The minimum absolute atomic E-state index is 0.253. The number of hydrogen-bond donors (Lipinski definition) is 3. The topological polar surface area (TPSA) is 69.8 Å². The second kappa shape index (κ2) is 7.75. The molecule has 0 saturated carbocycles. The molecule has 25 heavy (non-hydrogen) atoms. The molecule has 0 aliphatic heterocycles. The van der Waals surface area contributed by atoms with Crippen molar-refractivity contribution < 1.29 is 9.52 Å². The molecule has 3 N–H and O–H groups in total. The molecular weight excluding hydrogens is 314 g/mol. The zero-order valence-corrected chi connectivity index (χ0v) is 14.5. The van der Waals surface area contributed by atoms with Gasteiger partial charge < -0.3 is 20.2 Å². The van der Waals surface area contributed by atoms with Gasteiger partial charge in [-0.1, -0.05) is 30.3 Å². The highest BCUT2D eigenvalue weighted by Crippen LogP contribution is 2.24. The van der Waals surface area contributed by atoms with E-state index in [4.69, 9.17) is 4.42 Å². The fourth-order valence-electron chi connectivity index (χ4n) is 2.72. The van der Waals surface area contributed by atoms with E-state index >= 15 is 0 Å². The fraction of sp³-hybridized carbons (Fsp3) is 0.250. The molecule has 0 saturated heterocycles. The second-order valence-electron chi connectivity index (χ2n) is 5.87. The van der Waals surface area contributed by atoms with Gasteiger partial charge in [0.15, 0.2) is 5.96 Å². The van der Waals surface area contributed by atoms with Crippen LogP contribution in [0, 0.1) is 6.92 Å². The molecule has 0 atom stereocenters. The molecule has 0 bridgehead atoms. The van der Waals surface area contributed by atoms with Gasteiger partial charge in [0.05, 0.1) is 13.1 Å². The smallest absolute Gasteiger partial charge is 0.191 e. The summed E-state index contributed by atoms with van der Waals surface area (Å²) in [4.78, 5) is 4.57. The number of hydrogen-bond acceptors (Lipinski definition) is 3. The van der Waals surface area contributed by atoms with Crippen molar-refractivity contribution in [3.8, 4) is 5.75 Å². The number of furan rings is 1. The van der Waals surface area contributed by atoms with Gasteiger partial charge in [-0.15, -0.1) is 0 Å². The Morgan fingerprint density at radius 3 is 2.72 bits per heavy atom. The molecule has 0 spiro atoms. The van der Waals surface area contributed by atoms with Crippen LogP contribution in [0.15, 0.2) is 57.9 Å². The van der Waals surface area contributed by atoms with Crippen LogP contribution in [0.4, 0.5) is 0 Å². The van der Waals surface area contributed by atoms with Crippen molar-refractivity contribution in [3.63, 3.8) is 0 Å². The number of fused-ring (bicyclic) bond motifs is 1. The standard InChI is InChI=1S/C20H23N3O2/c1-3-21-20(22-12-15-7-6-8-16(24)11-15)23-13-19-14(2)17-9-4-5-10-18(17)25-19/h4-11,24H,3,12-13H2,1-2H3,(H2,21,22,23). The Balaban J connectivity index is 1.70. The van der Waals surface area contributed by atoms with Crippen LogP contribution in [0.5, 0.6) is 5.75 Å². The van der Waals surface area contributed by atoms with E-state index in [0.29, 0.717) is 19.0 Å². The van der Waals surface area contributed by atoms with Gasteiger partial charge in [-0.25, -0.2) is 4.99 Å². The van der Waals surface area contributed by atoms with Crippen LogP contribution >= 0.6 is 0 Å². The Bertz CT molecular complexity index is 884. The van der Waals surface area contributed by atoms with Crippen LogP contribution in [-0.4, -0.2) is 17.6 Å². The van der Waals surface area contributed by atoms with Crippen molar-refractivity contribution in [2.45, 2.75) is 26.9 Å². The van der Waals surface area contributed by atoms with E-state index in [1.807, 2.05) is 37.3 Å². The molecule has 2 aromatic carbocycles. The number of phenols is 1. The molecule has 0 unspecified atom stereocenters. The molecule has 3 rings (SSSR count). The lowest BCUT2D eigenvalue weighted by molar-refractivity contribution is 0.474. The van der Waals surface area contributed by atoms with Crippen LogP contribution in [0.25, 0.3) is 11.0 Å². The minimum atomic E-state index is 0.253. The molecule has 0 aliphatic rings. The maximum Gasteiger partial charge on any atom is 0.191 e. The molecule has 0 amide bonds. The van der Waals surface area contributed by atoms with E-state index in [2.05, 4.69) is 28.6 Å². The molecule has 5 nitrogen and oxygen atoms in total. The normalized spacial score (nSPS) is 11.7. The third kappa shape index (κ3) is 4.12. The SMILES string of the molecule is CCNC(=NCc1cccc(O)c1)NCc1oc2ccccc2c1C. The Kier molecular flexibility index (Phi) is 5.23. The van der Waals surface area contributed by atoms with Gasteiger partial charge in [-0.2, -0.15) is 0 Å². The van der Waals surface area contributed by atoms with Gasteiger partial charge >= 0.3 is 0 Å². The molecule has 0 fully saturated rings. The predicted octanol–water partition coefficient (Wildman–Crippen LogP) is 3.70. The van der Waals surface area contributed by atoms with Crippen LogP contribution in [0.2, 0.25) is 0 Å². The number of aliphatic imine (C=N–C) groups is 1. The minimum Gasteiger partial charge on any atom is -0.508 e. The van der Waals surface area contributed by atoms with E-state index in [9.17, 15) is 5.11 Å². The summed E-state index contributed by atoms with van der Waals surface area (Å²) >= 11 is 0. The Morgan fingerprint density at radius 2 is 1.96 bits per heavy atom. The summed E-state index contributed by atoms with van der Waals surface area (Å²) in [6.45, 7) is 5.91. The van der Waals surface area contributed by atoms with E-state index < -0.39 is 0 Å². The average molecular weight is 337 g/mol. The van der Waals surface area contributed by atoms with Gasteiger partial charge in [-0.05, 0) is 37.6 Å². The first-order valence-corrected chi connectivity index (χ1v) is 8.44. The predicted molar refractivity (Wildman–Crippen MR) is 101 cm³/mol. The first kappa shape index (κ1) is 16.9. The summed E-state index contributed by atoms with van der Waals surface area (Å²) in [6, 6.07) is 15.2. The number of nitrogens with zero attached hydrogens (tertiary/aromatic N) is 1. The molecule has 0 aliphatic carbocycles. The van der Waals surface area contributed by atoms with Crippen molar-refractivity contribution in [1.82, 2.24) is 10.6 Å². The second-order valence-corrected chi connectivity index (χ2v) is 5.87. The fourth-order valence-corrected chi connectivity index (χ4v) is 2.72. The van der Waals surface area contributed by atoms with E-state index in [0.717, 1.165) is 34.4 Å². The highest BCUT2D eigenvalue weighted by Gasteiger charge is 2.10. The third-order valence-corrected chi connectivity index (χ3v) is 4.03. The number of guanidine groups is 1. The maximum absolute atomic E-state index is 9.54. The Hall–Kier alpha value is -2.95. The van der Waals surface area contributed by atoms with Gasteiger partial charge in [-0.3, -0.25) is 0 Å². The first-order chi connectivity index (χ1) is 12.2. The van der Waals surface area contributed by atoms with E-state index in [1.54, 1.807) is 12.1 Å². The summed E-state index contributed by atoms with van der Waals surface area (Å²) in [5.41, 5.74) is 3.00. The summed E-state index contributed by atoms with van der Waals surface area (Å²) in [7, 11) is 0. The lowest BCUT2D eigenvalue weighted by Crippen LogP contribution is -2.36. The number of aromatic hydroxyl groups is 1. The molecule has 0 radical (unpaired) electrons. The van der Waals surface area contributed by atoms with E-state index in [-0.39, 0.29) is 5.75 Å². The van der Waals surface area contributed by atoms with Gasteiger partial charge in [0.25, 0.3) is 0 Å². The van der Waals surface area contributed by atoms with E-state index in [1.165, 1.54) is 0 Å². The molecule has 1 aromatic heterocycles. The Labute approximate surface area is 147 Å². The molecular formula is C20H23N3O2. The number of phenolic OH excluding ortho intramolecular Hbond substituents is 1. The first-order valence-electron chi connectivity index (χ1n) is 8.44. The molecule has 5 heteroatoms. The largest absolute Gasteiger partial charge is 0.508 e. The zero-order valence-electron chi connectivity index (χ0n) is 14.5.